The smallest absolute Gasteiger partial charge is 0.220 e. The number of nitrogens with one attached hydrogen (secondary N) is 1. The molecule has 0 aliphatic carbocycles. The van der Waals surface area contributed by atoms with Gasteiger partial charge in [-0.3, -0.25) is 4.79 Å². The predicted octanol–water partition coefficient (Wildman–Crippen LogP) is 3.09. The monoisotopic (exact) mass is 298 g/mol. The Kier molecular flexibility index (Phi) is 9.26. The van der Waals surface area contributed by atoms with Crippen LogP contribution in [0.2, 0.25) is 0 Å². The Morgan fingerprint density at radius 1 is 1.20 bits per heavy atom. The molecule has 1 aromatic carbocycles. The quantitative estimate of drug-likeness (QED) is 0.813. The molecule has 20 heavy (non-hydrogen) atoms. The van der Waals surface area contributed by atoms with E-state index in [0.717, 1.165) is 6.42 Å². The summed E-state index contributed by atoms with van der Waals surface area (Å²) in [5.41, 5.74) is 6.90. The summed E-state index contributed by atoms with van der Waals surface area (Å²) in [6.07, 6.45) is 1.45. The highest BCUT2D eigenvalue weighted by Crippen LogP contribution is 2.18. The average molecular weight is 299 g/mol. The van der Waals surface area contributed by atoms with Crippen molar-refractivity contribution in [3.63, 3.8) is 0 Å². The van der Waals surface area contributed by atoms with Crippen LogP contribution < -0.4 is 11.1 Å². The van der Waals surface area contributed by atoms with E-state index in [0.29, 0.717) is 18.9 Å². The number of carbonyl (C=O) groups is 1. The van der Waals surface area contributed by atoms with Gasteiger partial charge in [-0.1, -0.05) is 51.1 Å². The van der Waals surface area contributed by atoms with E-state index in [-0.39, 0.29) is 30.3 Å². The van der Waals surface area contributed by atoms with E-state index < -0.39 is 0 Å². The molecule has 1 rings (SSSR count). The van der Waals surface area contributed by atoms with Crippen LogP contribution in [0, 0.1) is 5.92 Å². The third-order valence-electron chi connectivity index (χ3n) is 3.27. The molecule has 0 aliphatic heterocycles. The van der Waals surface area contributed by atoms with Gasteiger partial charge in [0.25, 0.3) is 0 Å². The number of benzene rings is 1. The summed E-state index contributed by atoms with van der Waals surface area (Å²) in [6.45, 7) is 6.86. The molecule has 1 aromatic rings. The SMILES string of the molecule is CC(C)CC(CN)NC(=O)CC(C)c1ccccc1.Cl. The van der Waals surface area contributed by atoms with Crippen LogP contribution in [0.3, 0.4) is 0 Å². The largest absolute Gasteiger partial charge is 0.352 e. The number of nitrogens with two attached hydrogens (primary N) is 1. The second-order valence-electron chi connectivity index (χ2n) is 5.65. The second-order valence-corrected chi connectivity index (χ2v) is 5.65. The molecule has 114 valence electrons. The number of rotatable bonds is 7. The van der Waals surface area contributed by atoms with Crippen LogP contribution in [0.4, 0.5) is 0 Å². The number of amides is 1. The molecular weight excluding hydrogens is 272 g/mol. The minimum Gasteiger partial charge on any atom is -0.352 e. The van der Waals surface area contributed by atoms with Crippen molar-refractivity contribution in [1.82, 2.24) is 5.32 Å². The fourth-order valence-corrected chi connectivity index (χ4v) is 2.25. The molecule has 2 atom stereocenters. The molecule has 0 saturated carbocycles. The van der Waals surface area contributed by atoms with E-state index in [4.69, 9.17) is 5.73 Å². The zero-order valence-corrected chi connectivity index (χ0v) is 13.5. The summed E-state index contributed by atoms with van der Waals surface area (Å²) in [6, 6.07) is 10.2. The van der Waals surface area contributed by atoms with Crippen LogP contribution in [0.25, 0.3) is 0 Å². The van der Waals surface area contributed by atoms with E-state index in [9.17, 15) is 4.79 Å². The standard InChI is InChI=1S/C16H26N2O.ClH/c1-12(2)9-15(11-17)18-16(19)10-13(3)14-7-5-4-6-8-14;/h4-8,12-13,15H,9-11,17H2,1-3H3,(H,18,19);1H. The summed E-state index contributed by atoms with van der Waals surface area (Å²) in [5.74, 6) is 0.867. The first-order valence-corrected chi connectivity index (χ1v) is 7.07. The topological polar surface area (TPSA) is 55.1 Å². The highest BCUT2D eigenvalue weighted by Gasteiger charge is 2.15. The first kappa shape index (κ1) is 18.9. The lowest BCUT2D eigenvalue weighted by molar-refractivity contribution is -0.122. The Morgan fingerprint density at radius 2 is 1.80 bits per heavy atom. The highest BCUT2D eigenvalue weighted by atomic mass is 35.5. The van der Waals surface area contributed by atoms with Gasteiger partial charge < -0.3 is 11.1 Å². The van der Waals surface area contributed by atoms with E-state index >= 15 is 0 Å². The van der Waals surface area contributed by atoms with Crippen molar-refractivity contribution in [1.29, 1.82) is 0 Å². The molecule has 4 heteroatoms. The Hall–Kier alpha value is -1.06. The molecular formula is C16H27ClN2O. The minimum atomic E-state index is 0. The predicted molar refractivity (Wildman–Crippen MR) is 87.2 cm³/mol. The van der Waals surface area contributed by atoms with Gasteiger partial charge in [0.05, 0.1) is 0 Å². The van der Waals surface area contributed by atoms with Gasteiger partial charge in [0.2, 0.25) is 5.91 Å². The molecule has 0 fully saturated rings. The van der Waals surface area contributed by atoms with Crippen molar-refractivity contribution in [2.24, 2.45) is 11.7 Å². The molecule has 2 unspecified atom stereocenters. The fourth-order valence-electron chi connectivity index (χ4n) is 2.25. The molecule has 0 aromatic heterocycles. The average Bonchev–Trinajstić information content (AvgIpc) is 2.38. The summed E-state index contributed by atoms with van der Waals surface area (Å²) in [5, 5.41) is 3.03. The molecule has 0 aliphatic rings. The van der Waals surface area contributed by atoms with Crippen molar-refractivity contribution < 1.29 is 4.79 Å². The lowest BCUT2D eigenvalue weighted by Gasteiger charge is -2.20. The molecule has 1 amide bonds. The minimum absolute atomic E-state index is 0. The molecule has 0 spiro atoms. The molecule has 3 nitrogen and oxygen atoms in total. The van der Waals surface area contributed by atoms with Gasteiger partial charge in [0, 0.05) is 19.0 Å². The third-order valence-corrected chi connectivity index (χ3v) is 3.27. The fraction of sp³-hybridized carbons (Fsp3) is 0.562. The van der Waals surface area contributed by atoms with Crippen LogP contribution in [-0.4, -0.2) is 18.5 Å². The van der Waals surface area contributed by atoms with Crippen molar-refractivity contribution in [3.05, 3.63) is 35.9 Å². The summed E-state index contributed by atoms with van der Waals surface area (Å²) in [7, 11) is 0. The maximum atomic E-state index is 12.0. The molecule has 0 radical (unpaired) electrons. The molecule has 3 N–H and O–H groups in total. The maximum Gasteiger partial charge on any atom is 0.220 e. The van der Waals surface area contributed by atoms with Crippen LogP contribution in [0.1, 0.15) is 45.1 Å². The second kappa shape index (κ2) is 9.78. The summed E-state index contributed by atoms with van der Waals surface area (Å²) in [4.78, 5) is 12.0. The van der Waals surface area contributed by atoms with Gasteiger partial charge in [-0.05, 0) is 23.8 Å². The summed E-state index contributed by atoms with van der Waals surface area (Å²) < 4.78 is 0. The number of hydrogen-bond donors (Lipinski definition) is 2. The van der Waals surface area contributed by atoms with E-state index in [1.54, 1.807) is 0 Å². The van der Waals surface area contributed by atoms with Crippen molar-refractivity contribution >= 4 is 18.3 Å². The third kappa shape index (κ3) is 6.92. The lowest BCUT2D eigenvalue weighted by Crippen LogP contribution is -2.41. The Labute approximate surface area is 128 Å². The van der Waals surface area contributed by atoms with E-state index in [1.165, 1.54) is 5.56 Å². The van der Waals surface area contributed by atoms with Crippen LogP contribution >= 0.6 is 12.4 Å². The normalized spacial score (nSPS) is 13.4. The lowest BCUT2D eigenvalue weighted by atomic mass is 9.97. The van der Waals surface area contributed by atoms with Crippen LogP contribution in [-0.2, 0) is 4.79 Å². The highest BCUT2D eigenvalue weighted by molar-refractivity contribution is 5.85. The van der Waals surface area contributed by atoms with Crippen molar-refractivity contribution in [2.75, 3.05) is 6.54 Å². The molecule has 0 saturated heterocycles. The van der Waals surface area contributed by atoms with Crippen LogP contribution in [0.5, 0.6) is 0 Å². The van der Waals surface area contributed by atoms with Crippen molar-refractivity contribution in [3.8, 4) is 0 Å². The maximum absolute atomic E-state index is 12.0. The number of halogens is 1. The van der Waals surface area contributed by atoms with Gasteiger partial charge in [-0.2, -0.15) is 0 Å². The Bertz CT molecular complexity index is 381. The van der Waals surface area contributed by atoms with Gasteiger partial charge in [-0.25, -0.2) is 0 Å². The Morgan fingerprint density at radius 3 is 2.30 bits per heavy atom. The van der Waals surface area contributed by atoms with Crippen molar-refractivity contribution in [2.45, 2.75) is 45.6 Å². The first-order valence-electron chi connectivity index (χ1n) is 7.07. The van der Waals surface area contributed by atoms with Gasteiger partial charge in [0.1, 0.15) is 0 Å². The zero-order valence-electron chi connectivity index (χ0n) is 12.6. The van der Waals surface area contributed by atoms with E-state index in [1.807, 2.05) is 18.2 Å². The first-order chi connectivity index (χ1) is 9.02. The number of hydrogen-bond acceptors (Lipinski definition) is 2. The van der Waals surface area contributed by atoms with Gasteiger partial charge >= 0.3 is 0 Å². The van der Waals surface area contributed by atoms with Gasteiger partial charge in [-0.15, -0.1) is 12.4 Å². The Balaban J connectivity index is 0.00000361. The molecule has 0 heterocycles. The zero-order chi connectivity index (χ0) is 14.3. The summed E-state index contributed by atoms with van der Waals surface area (Å²) >= 11 is 0. The number of carbonyl (C=O) groups excluding carboxylic acids is 1. The van der Waals surface area contributed by atoms with E-state index in [2.05, 4.69) is 38.2 Å². The van der Waals surface area contributed by atoms with Gasteiger partial charge in [0.15, 0.2) is 0 Å². The molecule has 0 bridgehead atoms. The van der Waals surface area contributed by atoms with Crippen LogP contribution in [0.15, 0.2) is 30.3 Å².